The maximum Gasteiger partial charge on any atom is 0.251 e. The maximum atomic E-state index is 12.3. The van der Waals surface area contributed by atoms with E-state index in [-0.39, 0.29) is 5.91 Å². The summed E-state index contributed by atoms with van der Waals surface area (Å²) in [5.74, 6) is -0.0719. The van der Waals surface area contributed by atoms with Gasteiger partial charge in [-0.25, -0.2) is 4.68 Å². The molecule has 0 aliphatic carbocycles. The van der Waals surface area contributed by atoms with Crippen molar-refractivity contribution >= 4 is 27.3 Å². The molecule has 0 fully saturated rings. The Hall–Kier alpha value is -2.92. The number of carbonyl (C=O) groups excluding carboxylic acids is 1. The molecule has 0 bridgehead atoms. The van der Waals surface area contributed by atoms with Crippen molar-refractivity contribution in [2.75, 3.05) is 0 Å². The number of carbonyl (C=O) groups is 1. The predicted octanol–water partition coefficient (Wildman–Crippen LogP) is 4.02. The number of fused-ring (bicyclic) bond motifs is 1. The lowest BCUT2D eigenvalue weighted by atomic mass is 10.1. The summed E-state index contributed by atoms with van der Waals surface area (Å²) in [6.07, 6.45) is 3.60. The van der Waals surface area contributed by atoms with E-state index < -0.39 is 0 Å². The van der Waals surface area contributed by atoms with Crippen molar-refractivity contribution in [2.24, 2.45) is 0 Å². The molecule has 2 heterocycles. The molecule has 0 unspecified atom stereocenters. The zero-order chi connectivity index (χ0) is 16.4. The number of nitrogens with one attached hydrogen (secondary N) is 1. The first-order valence-electron chi connectivity index (χ1n) is 7.65. The van der Waals surface area contributed by atoms with Gasteiger partial charge in [0.2, 0.25) is 0 Å². The molecule has 0 spiro atoms. The van der Waals surface area contributed by atoms with Crippen LogP contribution in [0.2, 0.25) is 0 Å². The summed E-state index contributed by atoms with van der Waals surface area (Å²) < 4.78 is 3.00. The number of benzene rings is 2. The lowest BCUT2D eigenvalue weighted by Gasteiger charge is -2.06. The second-order valence-corrected chi connectivity index (χ2v) is 6.35. The molecule has 0 radical (unpaired) electrons. The minimum absolute atomic E-state index is 0.0719. The molecule has 0 aliphatic rings. The lowest BCUT2D eigenvalue weighted by molar-refractivity contribution is 0.0951. The van der Waals surface area contributed by atoms with Crippen LogP contribution in [-0.4, -0.2) is 15.7 Å². The number of thiophene rings is 1. The predicted molar refractivity (Wildman–Crippen MR) is 96.6 cm³/mol. The van der Waals surface area contributed by atoms with Gasteiger partial charge < -0.3 is 5.32 Å². The third-order valence-electron chi connectivity index (χ3n) is 3.90. The Morgan fingerprint density at radius 2 is 1.92 bits per heavy atom. The molecule has 4 rings (SSSR count). The van der Waals surface area contributed by atoms with Gasteiger partial charge in [-0.3, -0.25) is 4.79 Å². The van der Waals surface area contributed by atoms with Crippen LogP contribution in [0.4, 0.5) is 0 Å². The van der Waals surface area contributed by atoms with E-state index in [1.807, 2.05) is 48.7 Å². The Morgan fingerprint density at radius 1 is 1.08 bits per heavy atom. The lowest BCUT2D eigenvalue weighted by Crippen LogP contribution is -2.22. The van der Waals surface area contributed by atoms with Crippen LogP contribution in [0.25, 0.3) is 15.8 Å². The summed E-state index contributed by atoms with van der Waals surface area (Å²) in [6.45, 7) is 0.532. The van der Waals surface area contributed by atoms with Gasteiger partial charge in [-0.2, -0.15) is 5.10 Å². The number of aromatic nitrogens is 2. The van der Waals surface area contributed by atoms with Crippen molar-refractivity contribution in [3.63, 3.8) is 0 Å². The fourth-order valence-corrected chi connectivity index (χ4v) is 3.60. The molecule has 0 atom stereocenters. The van der Waals surface area contributed by atoms with Crippen LogP contribution in [0.3, 0.4) is 0 Å². The topological polar surface area (TPSA) is 46.9 Å². The fraction of sp³-hybridized carbons (Fsp3) is 0.0526. The second-order valence-electron chi connectivity index (χ2n) is 5.44. The summed E-state index contributed by atoms with van der Waals surface area (Å²) >= 11 is 1.70. The van der Waals surface area contributed by atoms with Crippen molar-refractivity contribution in [1.82, 2.24) is 15.1 Å². The van der Waals surface area contributed by atoms with Crippen molar-refractivity contribution < 1.29 is 4.79 Å². The van der Waals surface area contributed by atoms with Crippen LogP contribution < -0.4 is 5.32 Å². The first kappa shape index (κ1) is 14.7. The molecule has 5 heteroatoms. The second kappa shape index (κ2) is 6.29. The first-order chi connectivity index (χ1) is 11.8. The van der Waals surface area contributed by atoms with E-state index in [1.165, 1.54) is 10.1 Å². The van der Waals surface area contributed by atoms with Crippen LogP contribution in [0, 0.1) is 0 Å². The van der Waals surface area contributed by atoms with Gasteiger partial charge in [0.1, 0.15) is 0 Å². The molecule has 2 aromatic heterocycles. The molecule has 118 valence electrons. The number of amides is 1. The third kappa shape index (κ3) is 2.81. The van der Waals surface area contributed by atoms with Crippen LogP contribution in [0.1, 0.15) is 15.9 Å². The fourth-order valence-electron chi connectivity index (χ4n) is 2.63. The average molecular weight is 333 g/mol. The van der Waals surface area contributed by atoms with Gasteiger partial charge >= 0.3 is 0 Å². The summed E-state index contributed by atoms with van der Waals surface area (Å²) in [6, 6.07) is 17.5. The smallest absolute Gasteiger partial charge is 0.251 e. The van der Waals surface area contributed by atoms with E-state index in [1.54, 1.807) is 22.2 Å². The Bertz CT molecular complexity index is 971. The number of hydrogen-bond acceptors (Lipinski definition) is 3. The Kier molecular flexibility index (Phi) is 3.84. The third-order valence-corrected chi connectivity index (χ3v) is 4.91. The quantitative estimate of drug-likeness (QED) is 0.613. The van der Waals surface area contributed by atoms with E-state index in [2.05, 4.69) is 27.9 Å². The van der Waals surface area contributed by atoms with Gasteiger partial charge in [0, 0.05) is 29.2 Å². The molecular weight excluding hydrogens is 318 g/mol. The van der Waals surface area contributed by atoms with Crippen LogP contribution in [0.15, 0.2) is 72.4 Å². The van der Waals surface area contributed by atoms with Gasteiger partial charge in [-0.1, -0.05) is 18.2 Å². The monoisotopic (exact) mass is 333 g/mol. The molecular formula is C19H15N3OS. The Balaban J connectivity index is 1.46. The zero-order valence-corrected chi connectivity index (χ0v) is 13.7. The highest BCUT2D eigenvalue weighted by atomic mass is 32.1. The summed E-state index contributed by atoms with van der Waals surface area (Å²) in [4.78, 5) is 12.3. The molecule has 24 heavy (non-hydrogen) atoms. The van der Waals surface area contributed by atoms with Gasteiger partial charge in [0.25, 0.3) is 5.91 Å². The van der Waals surface area contributed by atoms with E-state index in [9.17, 15) is 4.79 Å². The Labute approximate surface area is 143 Å². The molecule has 0 aliphatic heterocycles. The summed E-state index contributed by atoms with van der Waals surface area (Å²) in [7, 11) is 0. The SMILES string of the molecule is O=C(NCc1csc2ccccc12)c1ccc(-n2cccn2)cc1. The summed E-state index contributed by atoms with van der Waals surface area (Å²) in [5.41, 5.74) is 2.72. The van der Waals surface area contributed by atoms with Crippen molar-refractivity contribution in [3.8, 4) is 5.69 Å². The highest BCUT2D eigenvalue weighted by Gasteiger charge is 2.08. The van der Waals surface area contributed by atoms with Crippen molar-refractivity contribution in [2.45, 2.75) is 6.54 Å². The standard InChI is InChI=1S/C19H15N3OS/c23-19(14-6-8-16(9-7-14)22-11-3-10-21-22)20-12-15-13-24-18-5-2-1-4-17(15)18/h1-11,13H,12H2,(H,20,23). The largest absolute Gasteiger partial charge is 0.348 e. The van der Waals surface area contributed by atoms with Crippen molar-refractivity contribution in [3.05, 3.63) is 83.5 Å². The highest BCUT2D eigenvalue weighted by molar-refractivity contribution is 7.17. The molecule has 1 N–H and O–H groups in total. The average Bonchev–Trinajstić information content (AvgIpc) is 3.30. The van der Waals surface area contributed by atoms with Crippen LogP contribution in [-0.2, 0) is 6.54 Å². The minimum Gasteiger partial charge on any atom is -0.348 e. The van der Waals surface area contributed by atoms with Crippen LogP contribution >= 0.6 is 11.3 Å². The summed E-state index contributed by atoms with van der Waals surface area (Å²) in [5, 5.41) is 10.5. The number of nitrogens with zero attached hydrogens (tertiary/aromatic N) is 2. The maximum absolute atomic E-state index is 12.3. The van der Waals surface area contributed by atoms with E-state index in [0.29, 0.717) is 12.1 Å². The van der Waals surface area contributed by atoms with E-state index in [0.717, 1.165) is 11.3 Å². The first-order valence-corrected chi connectivity index (χ1v) is 8.52. The van der Waals surface area contributed by atoms with E-state index in [4.69, 9.17) is 0 Å². The van der Waals surface area contributed by atoms with E-state index >= 15 is 0 Å². The van der Waals surface area contributed by atoms with Gasteiger partial charge in [-0.15, -0.1) is 11.3 Å². The number of rotatable bonds is 4. The number of hydrogen-bond donors (Lipinski definition) is 1. The zero-order valence-electron chi connectivity index (χ0n) is 12.8. The van der Waals surface area contributed by atoms with Crippen LogP contribution in [0.5, 0.6) is 0 Å². The van der Waals surface area contributed by atoms with Gasteiger partial charge in [-0.05, 0) is 52.7 Å². The molecule has 0 saturated heterocycles. The van der Waals surface area contributed by atoms with Gasteiger partial charge in [0.15, 0.2) is 0 Å². The minimum atomic E-state index is -0.0719. The molecule has 2 aromatic carbocycles. The van der Waals surface area contributed by atoms with Gasteiger partial charge in [0.05, 0.1) is 5.69 Å². The van der Waals surface area contributed by atoms with Crippen molar-refractivity contribution in [1.29, 1.82) is 0 Å². The molecule has 4 aromatic rings. The Morgan fingerprint density at radius 3 is 2.71 bits per heavy atom. The normalized spacial score (nSPS) is 10.8. The molecule has 0 saturated carbocycles. The molecule has 1 amide bonds. The molecule has 4 nitrogen and oxygen atoms in total. The highest BCUT2D eigenvalue weighted by Crippen LogP contribution is 2.25.